The van der Waals surface area contributed by atoms with Gasteiger partial charge in [-0.05, 0) is 37.6 Å². The summed E-state index contributed by atoms with van der Waals surface area (Å²) in [6.45, 7) is 4.70. The van der Waals surface area contributed by atoms with Crippen LogP contribution < -0.4 is 10.0 Å². The van der Waals surface area contributed by atoms with Crippen LogP contribution in [0.1, 0.15) is 25.3 Å². The van der Waals surface area contributed by atoms with Crippen LogP contribution in [0.5, 0.6) is 0 Å². The summed E-state index contributed by atoms with van der Waals surface area (Å²) in [5, 5.41) is 3.19. The fourth-order valence-corrected chi connectivity index (χ4v) is 3.49. The summed E-state index contributed by atoms with van der Waals surface area (Å²) in [6, 6.07) is 14.1. The minimum Gasteiger partial charge on any atom is -0.367 e. The minimum absolute atomic E-state index is 0.192. The number of aryl methyl sites for hydroxylation is 1. The van der Waals surface area contributed by atoms with E-state index >= 15 is 0 Å². The number of nitrogens with zero attached hydrogens (tertiary/aromatic N) is 2. The van der Waals surface area contributed by atoms with Gasteiger partial charge in [0.25, 0.3) is 10.0 Å². The normalized spacial score (nSPS) is 11.5. The Kier molecular flexibility index (Phi) is 5.37. The van der Waals surface area contributed by atoms with Crippen LogP contribution in [0.2, 0.25) is 0 Å². The van der Waals surface area contributed by atoms with Crippen molar-refractivity contribution in [2.75, 3.05) is 16.6 Å². The van der Waals surface area contributed by atoms with Crippen LogP contribution in [0.25, 0.3) is 11.0 Å². The van der Waals surface area contributed by atoms with Gasteiger partial charge in [0, 0.05) is 6.54 Å². The largest absolute Gasteiger partial charge is 0.367 e. The third-order valence-corrected chi connectivity index (χ3v) is 5.31. The van der Waals surface area contributed by atoms with Crippen molar-refractivity contribution in [1.82, 2.24) is 9.97 Å². The van der Waals surface area contributed by atoms with Crippen molar-refractivity contribution in [2.45, 2.75) is 31.6 Å². The molecule has 0 saturated heterocycles. The van der Waals surface area contributed by atoms with Crippen LogP contribution in [-0.4, -0.2) is 24.9 Å². The summed E-state index contributed by atoms with van der Waals surface area (Å²) in [5.41, 5.74) is 2.34. The first-order valence-electron chi connectivity index (χ1n) is 8.60. The molecule has 3 rings (SSSR count). The molecule has 0 aliphatic heterocycles. The van der Waals surface area contributed by atoms with E-state index in [1.165, 1.54) is 0 Å². The second kappa shape index (κ2) is 7.70. The van der Waals surface area contributed by atoms with Gasteiger partial charge in [0.1, 0.15) is 0 Å². The molecule has 6 nitrogen and oxygen atoms in total. The molecule has 0 unspecified atom stereocenters. The Morgan fingerprint density at radius 3 is 2.15 bits per heavy atom. The molecular weight excluding hydrogens is 348 g/mol. The van der Waals surface area contributed by atoms with Crippen LogP contribution in [0.3, 0.4) is 0 Å². The Labute approximate surface area is 153 Å². The summed E-state index contributed by atoms with van der Waals surface area (Å²) in [7, 11) is -3.74. The average molecular weight is 370 g/mol. The number of rotatable bonds is 7. The zero-order chi connectivity index (χ0) is 18.6. The van der Waals surface area contributed by atoms with Crippen LogP contribution in [0.15, 0.2) is 53.4 Å². The van der Waals surface area contributed by atoms with Gasteiger partial charge >= 0.3 is 0 Å². The predicted molar refractivity (Wildman–Crippen MR) is 105 cm³/mol. The fraction of sp³-hybridized carbons (Fsp3) is 0.263. The maximum Gasteiger partial charge on any atom is 0.263 e. The molecule has 1 aromatic heterocycles. The van der Waals surface area contributed by atoms with E-state index in [-0.39, 0.29) is 10.7 Å². The molecule has 0 radical (unpaired) electrons. The second-order valence-corrected chi connectivity index (χ2v) is 7.79. The number of nitrogens with one attached hydrogen (secondary N) is 2. The van der Waals surface area contributed by atoms with E-state index in [1.807, 2.05) is 31.2 Å². The minimum atomic E-state index is -3.74. The predicted octanol–water partition coefficient (Wildman–Crippen LogP) is 3.95. The van der Waals surface area contributed by atoms with Gasteiger partial charge < -0.3 is 5.32 Å². The van der Waals surface area contributed by atoms with E-state index in [0.29, 0.717) is 23.4 Å². The van der Waals surface area contributed by atoms with Gasteiger partial charge in [0.15, 0.2) is 11.6 Å². The van der Waals surface area contributed by atoms with E-state index in [0.717, 1.165) is 18.4 Å². The molecule has 1 heterocycles. The van der Waals surface area contributed by atoms with Crippen LogP contribution in [0, 0.1) is 6.92 Å². The molecule has 136 valence electrons. The third-order valence-electron chi connectivity index (χ3n) is 3.96. The average Bonchev–Trinajstić information content (AvgIpc) is 2.62. The highest BCUT2D eigenvalue weighted by molar-refractivity contribution is 7.92. The number of para-hydroxylation sites is 2. The van der Waals surface area contributed by atoms with E-state index in [1.54, 1.807) is 24.3 Å². The van der Waals surface area contributed by atoms with Crippen molar-refractivity contribution in [3.8, 4) is 0 Å². The molecule has 0 amide bonds. The number of benzene rings is 2. The van der Waals surface area contributed by atoms with Crippen molar-refractivity contribution >= 4 is 32.7 Å². The van der Waals surface area contributed by atoms with Crippen LogP contribution in [0.4, 0.5) is 11.6 Å². The lowest BCUT2D eigenvalue weighted by Crippen LogP contribution is -2.17. The first-order valence-corrected chi connectivity index (χ1v) is 10.1. The number of unbranched alkanes of at least 4 members (excludes halogenated alkanes) is 1. The number of hydrogen-bond donors (Lipinski definition) is 2. The van der Waals surface area contributed by atoms with Gasteiger partial charge in [-0.3, -0.25) is 4.72 Å². The third kappa shape index (κ3) is 4.11. The molecule has 3 aromatic rings. The summed E-state index contributed by atoms with van der Waals surface area (Å²) in [6.07, 6.45) is 1.98. The molecule has 0 atom stereocenters. The molecule has 0 aliphatic rings. The Morgan fingerprint density at radius 1 is 0.923 bits per heavy atom. The van der Waals surface area contributed by atoms with Crippen molar-refractivity contribution in [1.29, 1.82) is 0 Å². The molecule has 0 bridgehead atoms. The lowest BCUT2D eigenvalue weighted by atomic mass is 10.2. The highest BCUT2D eigenvalue weighted by Gasteiger charge is 2.18. The zero-order valence-electron chi connectivity index (χ0n) is 14.9. The molecule has 0 saturated carbocycles. The second-order valence-electron chi connectivity index (χ2n) is 6.11. The Bertz CT molecular complexity index is 1000. The maximum atomic E-state index is 12.7. The van der Waals surface area contributed by atoms with Gasteiger partial charge in [0.2, 0.25) is 0 Å². The Balaban J connectivity index is 1.98. The first-order chi connectivity index (χ1) is 12.5. The fourth-order valence-electron chi connectivity index (χ4n) is 2.48. The Hall–Kier alpha value is -2.67. The van der Waals surface area contributed by atoms with Crippen LogP contribution >= 0.6 is 0 Å². The van der Waals surface area contributed by atoms with Crippen molar-refractivity contribution in [3.63, 3.8) is 0 Å². The van der Waals surface area contributed by atoms with Gasteiger partial charge in [-0.25, -0.2) is 18.4 Å². The highest BCUT2D eigenvalue weighted by atomic mass is 32.2. The molecule has 2 N–H and O–H groups in total. The first kappa shape index (κ1) is 18.1. The number of hydrogen-bond acceptors (Lipinski definition) is 5. The van der Waals surface area contributed by atoms with Gasteiger partial charge in [-0.2, -0.15) is 0 Å². The summed E-state index contributed by atoms with van der Waals surface area (Å²) in [4.78, 5) is 9.20. The van der Waals surface area contributed by atoms with Gasteiger partial charge in [-0.1, -0.05) is 43.2 Å². The van der Waals surface area contributed by atoms with Crippen molar-refractivity contribution in [2.24, 2.45) is 0 Å². The van der Waals surface area contributed by atoms with E-state index in [4.69, 9.17) is 0 Å². The van der Waals surface area contributed by atoms with Crippen molar-refractivity contribution < 1.29 is 8.42 Å². The lowest BCUT2D eigenvalue weighted by Gasteiger charge is -2.13. The van der Waals surface area contributed by atoms with Crippen molar-refractivity contribution in [3.05, 3.63) is 54.1 Å². The number of aromatic nitrogens is 2. The molecular formula is C19H22N4O2S. The Morgan fingerprint density at radius 2 is 1.54 bits per heavy atom. The standard InChI is InChI=1S/C19H22N4O2S/c1-3-4-13-20-18-19(22-17-8-6-5-7-16(17)21-18)23-26(24,25)15-11-9-14(2)10-12-15/h5-12H,3-4,13H2,1-2H3,(H,20,21)(H,22,23). The van der Waals surface area contributed by atoms with E-state index in [2.05, 4.69) is 26.9 Å². The summed E-state index contributed by atoms with van der Waals surface area (Å²) in [5.74, 6) is 0.646. The quantitative estimate of drug-likeness (QED) is 0.615. The molecule has 2 aromatic carbocycles. The molecule has 0 fully saturated rings. The highest BCUT2D eigenvalue weighted by Crippen LogP contribution is 2.24. The SMILES string of the molecule is CCCCNc1nc2ccccc2nc1NS(=O)(=O)c1ccc(C)cc1. The number of fused-ring (bicyclic) bond motifs is 1. The van der Waals surface area contributed by atoms with E-state index in [9.17, 15) is 8.42 Å². The smallest absolute Gasteiger partial charge is 0.263 e. The zero-order valence-corrected chi connectivity index (χ0v) is 15.7. The van der Waals surface area contributed by atoms with E-state index < -0.39 is 10.0 Å². The molecule has 0 aliphatic carbocycles. The summed E-state index contributed by atoms with van der Waals surface area (Å²) >= 11 is 0. The maximum absolute atomic E-state index is 12.7. The van der Waals surface area contributed by atoms with Gasteiger partial charge in [0.05, 0.1) is 15.9 Å². The molecule has 7 heteroatoms. The molecule has 26 heavy (non-hydrogen) atoms. The molecule has 0 spiro atoms. The topological polar surface area (TPSA) is 84.0 Å². The number of anilines is 2. The summed E-state index contributed by atoms with van der Waals surface area (Å²) < 4.78 is 28.0. The lowest BCUT2D eigenvalue weighted by molar-refractivity contribution is 0.601. The van der Waals surface area contributed by atoms with Gasteiger partial charge in [-0.15, -0.1) is 0 Å². The monoisotopic (exact) mass is 370 g/mol. The van der Waals surface area contributed by atoms with Crippen LogP contribution in [-0.2, 0) is 10.0 Å². The number of sulfonamides is 1.